The van der Waals surface area contributed by atoms with Gasteiger partial charge >= 0.3 is 0 Å². The van der Waals surface area contributed by atoms with Gasteiger partial charge in [-0.15, -0.1) is 11.3 Å². The number of hydrogen-bond donors (Lipinski definition) is 2. The maximum atomic E-state index is 13.0. The summed E-state index contributed by atoms with van der Waals surface area (Å²) in [6.07, 6.45) is 4.79. The van der Waals surface area contributed by atoms with Crippen molar-refractivity contribution in [1.82, 2.24) is 10.2 Å². The second kappa shape index (κ2) is 9.08. The molecule has 4 rings (SSSR count). The summed E-state index contributed by atoms with van der Waals surface area (Å²) < 4.78 is 5.28. The number of hydrogen-bond acceptors (Lipinski definition) is 5. The van der Waals surface area contributed by atoms with E-state index in [1.165, 1.54) is 10.4 Å². The van der Waals surface area contributed by atoms with E-state index in [1.807, 2.05) is 25.1 Å². The van der Waals surface area contributed by atoms with E-state index in [2.05, 4.69) is 33.8 Å². The van der Waals surface area contributed by atoms with Crippen LogP contribution in [0.2, 0.25) is 0 Å². The Morgan fingerprint density at radius 3 is 2.63 bits per heavy atom. The Labute approximate surface area is 183 Å². The number of likely N-dealkylation sites (tertiary alicyclic amines) is 1. The lowest BCUT2D eigenvalue weighted by Crippen LogP contribution is -2.62. The van der Waals surface area contributed by atoms with Gasteiger partial charge in [-0.2, -0.15) is 0 Å². The van der Waals surface area contributed by atoms with Gasteiger partial charge in [-0.05, 0) is 55.3 Å². The fraction of sp³-hybridized carbons (Fsp3) is 0.542. The summed E-state index contributed by atoms with van der Waals surface area (Å²) in [7, 11) is 1.67. The molecule has 1 aliphatic carbocycles. The molecular weight excluding hydrogens is 396 g/mol. The number of carbonyl (C=O) groups excluding carboxylic acids is 1. The number of aliphatic hydroxyl groups is 1. The number of rotatable bonds is 6. The lowest BCUT2D eigenvalue weighted by Gasteiger charge is -2.49. The molecule has 2 N–H and O–H groups in total. The topological polar surface area (TPSA) is 61.8 Å². The molecule has 2 aliphatic rings. The van der Waals surface area contributed by atoms with Gasteiger partial charge in [0, 0.05) is 23.9 Å². The van der Waals surface area contributed by atoms with Crippen LogP contribution in [-0.4, -0.2) is 41.2 Å². The Bertz CT molecular complexity index is 829. The minimum absolute atomic E-state index is 0.0544. The number of thiophene rings is 1. The van der Waals surface area contributed by atoms with E-state index in [4.69, 9.17) is 4.74 Å². The number of methoxy groups -OCH3 is 1. The molecule has 2 fully saturated rings. The van der Waals surface area contributed by atoms with Crippen molar-refractivity contribution >= 4 is 17.2 Å². The molecule has 2 heterocycles. The van der Waals surface area contributed by atoms with Gasteiger partial charge in [0.1, 0.15) is 5.75 Å². The van der Waals surface area contributed by atoms with Gasteiger partial charge in [0.25, 0.3) is 0 Å². The average Bonchev–Trinajstić information content (AvgIpc) is 3.45. The molecule has 162 valence electrons. The summed E-state index contributed by atoms with van der Waals surface area (Å²) in [6, 6.07) is 11.9. The highest BCUT2D eigenvalue weighted by Gasteiger charge is 2.47. The normalized spacial score (nSPS) is 27.8. The average molecular weight is 429 g/mol. The molecule has 1 amide bonds. The van der Waals surface area contributed by atoms with Crippen LogP contribution in [0.25, 0.3) is 0 Å². The monoisotopic (exact) mass is 428 g/mol. The first-order valence-corrected chi connectivity index (χ1v) is 11.8. The van der Waals surface area contributed by atoms with Crippen molar-refractivity contribution in [2.45, 2.75) is 63.3 Å². The van der Waals surface area contributed by atoms with Gasteiger partial charge in [-0.1, -0.05) is 31.0 Å². The molecule has 1 saturated carbocycles. The molecule has 0 unspecified atom stereocenters. The predicted molar refractivity (Wildman–Crippen MR) is 120 cm³/mol. The van der Waals surface area contributed by atoms with Crippen molar-refractivity contribution in [1.29, 1.82) is 0 Å². The third kappa shape index (κ3) is 4.56. The number of amides is 1. The fourth-order valence-corrected chi connectivity index (χ4v) is 5.75. The highest BCUT2D eigenvalue weighted by molar-refractivity contribution is 7.10. The summed E-state index contributed by atoms with van der Waals surface area (Å²) >= 11 is 1.69. The van der Waals surface area contributed by atoms with Gasteiger partial charge in [-0.3, -0.25) is 9.69 Å². The molecule has 3 atom stereocenters. The van der Waals surface area contributed by atoms with Crippen LogP contribution in [0.1, 0.15) is 55.5 Å². The number of benzene rings is 1. The van der Waals surface area contributed by atoms with Crippen LogP contribution in [-0.2, 0) is 11.3 Å². The van der Waals surface area contributed by atoms with Crippen LogP contribution in [0.5, 0.6) is 5.75 Å². The van der Waals surface area contributed by atoms with Crippen molar-refractivity contribution in [3.63, 3.8) is 0 Å². The summed E-state index contributed by atoms with van der Waals surface area (Å²) in [5, 5.41) is 16.6. The maximum Gasteiger partial charge on any atom is 0.223 e. The molecule has 1 saturated heterocycles. The van der Waals surface area contributed by atoms with E-state index >= 15 is 0 Å². The number of nitrogens with zero attached hydrogens (tertiary/aromatic N) is 1. The third-order valence-corrected chi connectivity index (χ3v) is 7.63. The lowest BCUT2D eigenvalue weighted by molar-refractivity contribution is -0.132. The summed E-state index contributed by atoms with van der Waals surface area (Å²) in [5.74, 6) is 1.03. The Balaban J connectivity index is 1.60. The SMILES string of the molecule is COc1ccc(CN2CC[C@@](C)(O)[C@@H](NC(=O)C3CCCC3)[C@@H]2c2cccs2)cc1. The lowest BCUT2D eigenvalue weighted by atomic mass is 9.81. The smallest absolute Gasteiger partial charge is 0.223 e. The summed E-state index contributed by atoms with van der Waals surface area (Å²) in [5.41, 5.74) is 0.249. The summed E-state index contributed by atoms with van der Waals surface area (Å²) in [4.78, 5) is 16.6. The molecule has 6 heteroatoms. The Hall–Kier alpha value is -1.89. The van der Waals surface area contributed by atoms with E-state index in [1.54, 1.807) is 18.4 Å². The maximum absolute atomic E-state index is 13.0. The van der Waals surface area contributed by atoms with E-state index in [0.717, 1.165) is 44.5 Å². The van der Waals surface area contributed by atoms with Crippen LogP contribution in [0.15, 0.2) is 41.8 Å². The zero-order valence-electron chi connectivity index (χ0n) is 17.8. The molecule has 1 aliphatic heterocycles. The minimum Gasteiger partial charge on any atom is -0.497 e. The van der Waals surface area contributed by atoms with E-state index in [-0.39, 0.29) is 23.9 Å². The first-order valence-electron chi connectivity index (χ1n) is 10.9. The molecule has 0 radical (unpaired) electrons. The van der Waals surface area contributed by atoms with Gasteiger partial charge < -0.3 is 15.2 Å². The summed E-state index contributed by atoms with van der Waals surface area (Å²) in [6.45, 7) is 3.41. The van der Waals surface area contributed by atoms with Crippen LogP contribution in [0.3, 0.4) is 0 Å². The van der Waals surface area contributed by atoms with E-state index < -0.39 is 5.60 Å². The van der Waals surface area contributed by atoms with Crippen LogP contribution < -0.4 is 10.1 Å². The third-order valence-electron chi connectivity index (χ3n) is 6.69. The Morgan fingerprint density at radius 2 is 2.00 bits per heavy atom. The minimum atomic E-state index is -0.945. The molecule has 0 spiro atoms. The number of ether oxygens (including phenoxy) is 1. The van der Waals surface area contributed by atoms with Crippen LogP contribution in [0, 0.1) is 5.92 Å². The van der Waals surface area contributed by atoms with E-state index in [0.29, 0.717) is 6.42 Å². The van der Waals surface area contributed by atoms with Crippen LogP contribution in [0.4, 0.5) is 0 Å². The molecule has 1 aromatic carbocycles. The molecule has 0 bridgehead atoms. The fourth-order valence-electron chi connectivity index (χ4n) is 4.86. The predicted octanol–water partition coefficient (Wildman–Crippen LogP) is 4.13. The van der Waals surface area contributed by atoms with Gasteiger partial charge in [0.05, 0.1) is 24.8 Å². The molecule has 5 nitrogen and oxygen atoms in total. The van der Waals surface area contributed by atoms with Gasteiger partial charge in [0.15, 0.2) is 0 Å². The second-order valence-corrected chi connectivity index (χ2v) is 9.83. The van der Waals surface area contributed by atoms with Crippen molar-refractivity contribution in [3.8, 4) is 5.75 Å². The molecule has 30 heavy (non-hydrogen) atoms. The zero-order valence-corrected chi connectivity index (χ0v) is 18.7. The Morgan fingerprint density at radius 1 is 1.27 bits per heavy atom. The molecule has 2 aromatic rings. The van der Waals surface area contributed by atoms with Crippen molar-refractivity contribution < 1.29 is 14.6 Å². The number of carbonyl (C=O) groups is 1. The number of piperidine rings is 1. The van der Waals surface area contributed by atoms with Crippen molar-refractivity contribution in [2.24, 2.45) is 5.92 Å². The van der Waals surface area contributed by atoms with Crippen LogP contribution >= 0.6 is 11.3 Å². The highest BCUT2D eigenvalue weighted by atomic mass is 32.1. The van der Waals surface area contributed by atoms with E-state index in [9.17, 15) is 9.90 Å². The first kappa shape index (κ1) is 21.3. The standard InChI is InChI=1S/C24H32N2O3S/c1-24(28)13-14-26(16-17-9-11-19(29-2)12-10-17)21(20-8-5-15-30-20)22(24)25-23(27)18-6-3-4-7-18/h5,8-12,15,18,21-22,28H,3-4,6-7,13-14,16H2,1-2H3,(H,25,27)/t21-,22-,24+/m0/s1. The second-order valence-electron chi connectivity index (χ2n) is 8.85. The van der Waals surface area contributed by atoms with Gasteiger partial charge in [-0.25, -0.2) is 0 Å². The quantitative estimate of drug-likeness (QED) is 0.726. The highest BCUT2D eigenvalue weighted by Crippen LogP contribution is 2.40. The van der Waals surface area contributed by atoms with Gasteiger partial charge in [0.2, 0.25) is 5.91 Å². The first-order chi connectivity index (χ1) is 14.5. The molecule has 1 aromatic heterocycles. The van der Waals surface area contributed by atoms with Crippen molar-refractivity contribution in [3.05, 3.63) is 52.2 Å². The Kier molecular flexibility index (Phi) is 6.46. The zero-order chi connectivity index (χ0) is 21.1. The molecular formula is C24H32N2O3S. The van der Waals surface area contributed by atoms with Crippen molar-refractivity contribution in [2.75, 3.05) is 13.7 Å². The number of nitrogens with one attached hydrogen (secondary N) is 1. The largest absolute Gasteiger partial charge is 0.497 e.